The van der Waals surface area contributed by atoms with Crippen LogP contribution in [0.5, 0.6) is 5.75 Å². The van der Waals surface area contributed by atoms with Crippen LogP contribution in [0.15, 0.2) is 54.6 Å². The van der Waals surface area contributed by atoms with Crippen molar-refractivity contribution >= 4 is 5.91 Å². The second kappa shape index (κ2) is 6.41. The molecule has 4 nitrogen and oxygen atoms in total. The summed E-state index contributed by atoms with van der Waals surface area (Å²) in [6.45, 7) is 1.42. The minimum atomic E-state index is -0.179. The van der Waals surface area contributed by atoms with Crippen molar-refractivity contribution in [3.05, 3.63) is 65.7 Å². The highest BCUT2D eigenvalue weighted by Crippen LogP contribution is 2.21. The maximum absolute atomic E-state index is 11.9. The van der Waals surface area contributed by atoms with Crippen molar-refractivity contribution in [1.29, 1.82) is 0 Å². The van der Waals surface area contributed by atoms with E-state index in [0.29, 0.717) is 31.1 Å². The number of amides is 1. The van der Waals surface area contributed by atoms with E-state index < -0.39 is 0 Å². The third-order valence-electron chi connectivity index (χ3n) is 3.33. The number of ether oxygens (including phenoxy) is 2. The normalized spacial score (nSPS) is 17.3. The van der Waals surface area contributed by atoms with Gasteiger partial charge >= 0.3 is 0 Å². The predicted octanol–water partition coefficient (Wildman–Crippen LogP) is 2.39. The van der Waals surface area contributed by atoms with Gasteiger partial charge in [-0.15, -0.1) is 0 Å². The summed E-state index contributed by atoms with van der Waals surface area (Å²) in [5.74, 6) is 0.511. The predicted molar refractivity (Wildman–Crippen MR) is 79.3 cm³/mol. The Bertz CT molecular complexity index is 612. The van der Waals surface area contributed by atoms with Gasteiger partial charge in [-0.3, -0.25) is 4.79 Å². The number of carbonyl (C=O) groups excluding carboxylic acids is 1. The van der Waals surface area contributed by atoms with Crippen LogP contribution in [0.3, 0.4) is 0 Å². The molecule has 0 fully saturated rings. The molecule has 1 heterocycles. The Morgan fingerprint density at radius 2 is 1.86 bits per heavy atom. The number of hydrogen-bond acceptors (Lipinski definition) is 3. The maximum atomic E-state index is 11.9. The van der Waals surface area contributed by atoms with Crippen molar-refractivity contribution in [1.82, 2.24) is 5.32 Å². The van der Waals surface area contributed by atoms with E-state index in [1.54, 1.807) is 6.07 Å². The fourth-order valence-electron chi connectivity index (χ4n) is 2.26. The van der Waals surface area contributed by atoms with Gasteiger partial charge < -0.3 is 14.8 Å². The summed E-state index contributed by atoms with van der Waals surface area (Å²) in [6.07, 6.45) is -0.179. The fraction of sp³-hybridized carbons (Fsp3) is 0.235. The van der Waals surface area contributed by atoms with E-state index in [9.17, 15) is 4.79 Å². The zero-order valence-electron chi connectivity index (χ0n) is 11.6. The monoisotopic (exact) mass is 283 g/mol. The molecule has 108 valence electrons. The molecule has 2 aromatic carbocycles. The number of benzene rings is 2. The third kappa shape index (κ3) is 3.41. The Kier molecular flexibility index (Phi) is 4.17. The molecular formula is C17H17NO3. The minimum absolute atomic E-state index is 0.101. The topological polar surface area (TPSA) is 47.6 Å². The number of fused-ring (bicyclic) bond motifs is 1. The molecule has 1 aliphatic rings. The Labute approximate surface area is 123 Å². The first-order chi connectivity index (χ1) is 10.3. The first-order valence-corrected chi connectivity index (χ1v) is 6.98. The molecule has 4 heteroatoms. The minimum Gasteiger partial charge on any atom is -0.485 e. The average molecular weight is 283 g/mol. The zero-order valence-corrected chi connectivity index (χ0v) is 11.6. The van der Waals surface area contributed by atoms with Crippen molar-refractivity contribution in [2.75, 3.05) is 13.2 Å². The first-order valence-electron chi connectivity index (χ1n) is 6.98. The van der Waals surface area contributed by atoms with Gasteiger partial charge in [-0.25, -0.2) is 0 Å². The van der Waals surface area contributed by atoms with Crippen LogP contribution in [0, 0.1) is 0 Å². The van der Waals surface area contributed by atoms with Crippen LogP contribution in [-0.2, 0) is 11.3 Å². The third-order valence-corrected chi connectivity index (χ3v) is 3.33. The van der Waals surface area contributed by atoms with Crippen LogP contribution < -0.4 is 10.1 Å². The van der Waals surface area contributed by atoms with Crippen LogP contribution in [0.4, 0.5) is 0 Å². The maximum Gasteiger partial charge on any atom is 0.255 e. The van der Waals surface area contributed by atoms with Crippen molar-refractivity contribution in [2.24, 2.45) is 0 Å². The molecule has 0 unspecified atom stereocenters. The zero-order chi connectivity index (χ0) is 14.5. The molecule has 0 bridgehead atoms. The molecule has 0 saturated heterocycles. The molecule has 3 rings (SSSR count). The second-order valence-electron chi connectivity index (χ2n) is 4.95. The molecule has 0 saturated carbocycles. The first kappa shape index (κ1) is 13.6. The molecule has 0 aliphatic carbocycles. The highest BCUT2D eigenvalue weighted by Gasteiger charge is 2.22. The summed E-state index contributed by atoms with van der Waals surface area (Å²) in [6, 6.07) is 17.2. The van der Waals surface area contributed by atoms with Crippen LogP contribution >= 0.6 is 0 Å². The van der Waals surface area contributed by atoms with Crippen molar-refractivity contribution in [3.8, 4) is 5.75 Å². The average Bonchev–Trinajstić information content (AvgIpc) is 2.68. The molecule has 0 aromatic heterocycles. The van der Waals surface area contributed by atoms with E-state index in [-0.39, 0.29) is 12.0 Å². The number of hydrogen-bond donors (Lipinski definition) is 1. The van der Waals surface area contributed by atoms with Gasteiger partial charge in [-0.1, -0.05) is 42.5 Å². The Balaban J connectivity index is 1.59. The highest BCUT2D eigenvalue weighted by molar-refractivity contribution is 5.97. The lowest BCUT2D eigenvalue weighted by atomic mass is 10.2. The molecule has 1 aliphatic heterocycles. The molecule has 21 heavy (non-hydrogen) atoms. The molecule has 0 spiro atoms. The number of para-hydroxylation sites is 1. The van der Waals surface area contributed by atoms with Crippen molar-refractivity contribution in [2.45, 2.75) is 12.7 Å². The van der Waals surface area contributed by atoms with Crippen molar-refractivity contribution in [3.63, 3.8) is 0 Å². The Morgan fingerprint density at radius 1 is 1.10 bits per heavy atom. The largest absolute Gasteiger partial charge is 0.485 e. The van der Waals surface area contributed by atoms with Gasteiger partial charge in [0.25, 0.3) is 5.91 Å². The SMILES string of the molecule is O=C1NC[C@@H](COCc2ccccc2)Oc2ccccc21. The summed E-state index contributed by atoms with van der Waals surface area (Å²) in [5, 5.41) is 2.86. The van der Waals surface area contributed by atoms with E-state index in [1.165, 1.54) is 0 Å². The molecule has 1 atom stereocenters. The summed E-state index contributed by atoms with van der Waals surface area (Å²) >= 11 is 0. The van der Waals surface area contributed by atoms with Gasteiger partial charge in [0.05, 0.1) is 25.3 Å². The number of rotatable bonds is 4. The lowest BCUT2D eigenvalue weighted by molar-refractivity contribution is 0.0432. The molecule has 0 radical (unpaired) electrons. The van der Waals surface area contributed by atoms with E-state index in [2.05, 4.69) is 5.32 Å². The fourth-order valence-corrected chi connectivity index (χ4v) is 2.26. The Morgan fingerprint density at radius 3 is 2.71 bits per heavy atom. The van der Waals surface area contributed by atoms with Crippen LogP contribution in [0.25, 0.3) is 0 Å². The van der Waals surface area contributed by atoms with Gasteiger partial charge in [-0.2, -0.15) is 0 Å². The van der Waals surface area contributed by atoms with Crippen LogP contribution in [0.2, 0.25) is 0 Å². The van der Waals surface area contributed by atoms with E-state index >= 15 is 0 Å². The van der Waals surface area contributed by atoms with Crippen molar-refractivity contribution < 1.29 is 14.3 Å². The van der Waals surface area contributed by atoms with E-state index in [4.69, 9.17) is 9.47 Å². The summed E-state index contributed by atoms with van der Waals surface area (Å²) in [4.78, 5) is 11.9. The summed E-state index contributed by atoms with van der Waals surface area (Å²) in [7, 11) is 0. The second-order valence-corrected chi connectivity index (χ2v) is 4.95. The molecule has 1 amide bonds. The standard InChI is InChI=1S/C17H17NO3/c19-17-15-8-4-5-9-16(15)21-14(10-18-17)12-20-11-13-6-2-1-3-7-13/h1-9,14H,10-12H2,(H,18,19)/t14-/m0/s1. The van der Waals surface area contributed by atoms with Gasteiger partial charge in [0.1, 0.15) is 11.9 Å². The summed E-state index contributed by atoms with van der Waals surface area (Å²) < 4.78 is 11.5. The van der Waals surface area contributed by atoms with E-state index in [0.717, 1.165) is 5.56 Å². The summed E-state index contributed by atoms with van der Waals surface area (Å²) in [5.41, 5.74) is 1.69. The quantitative estimate of drug-likeness (QED) is 0.937. The lowest BCUT2D eigenvalue weighted by Gasteiger charge is -2.17. The smallest absolute Gasteiger partial charge is 0.255 e. The van der Waals surface area contributed by atoms with Gasteiger partial charge in [0.15, 0.2) is 0 Å². The van der Waals surface area contributed by atoms with Gasteiger partial charge in [-0.05, 0) is 17.7 Å². The van der Waals surface area contributed by atoms with Crippen LogP contribution in [0.1, 0.15) is 15.9 Å². The van der Waals surface area contributed by atoms with Gasteiger partial charge in [0.2, 0.25) is 0 Å². The lowest BCUT2D eigenvalue weighted by Crippen LogP contribution is -2.35. The highest BCUT2D eigenvalue weighted by atomic mass is 16.5. The number of carbonyl (C=O) groups is 1. The molecule has 1 N–H and O–H groups in total. The molecular weight excluding hydrogens is 266 g/mol. The van der Waals surface area contributed by atoms with Gasteiger partial charge in [0, 0.05) is 0 Å². The number of nitrogens with one attached hydrogen (secondary N) is 1. The molecule has 2 aromatic rings. The van der Waals surface area contributed by atoms with Crippen LogP contribution in [-0.4, -0.2) is 25.2 Å². The Hall–Kier alpha value is -2.33. The van der Waals surface area contributed by atoms with E-state index in [1.807, 2.05) is 48.5 Å².